The van der Waals surface area contributed by atoms with Crippen LogP contribution in [0.25, 0.3) is 0 Å². The summed E-state index contributed by atoms with van der Waals surface area (Å²) in [5.74, 6) is 0. The molecule has 0 rings (SSSR count). The van der Waals surface area contributed by atoms with E-state index in [2.05, 4.69) is 25.7 Å². The second-order valence-corrected chi connectivity index (χ2v) is 8.28. The maximum Gasteiger partial charge on any atom is 0.108 e. The van der Waals surface area contributed by atoms with Crippen molar-refractivity contribution in [2.45, 2.75) is 141 Å². The molecule has 0 spiro atoms. The van der Waals surface area contributed by atoms with Crippen LogP contribution in [0, 0.1) is 11.3 Å². The second kappa shape index (κ2) is 18.2. The summed E-state index contributed by atoms with van der Waals surface area (Å²) in [6.45, 7) is 4.55. The summed E-state index contributed by atoms with van der Waals surface area (Å²) in [7, 11) is 0. The summed E-state index contributed by atoms with van der Waals surface area (Å²) >= 11 is 0. The van der Waals surface area contributed by atoms with Gasteiger partial charge in [-0.2, -0.15) is 5.26 Å². The molecule has 0 heterocycles. The standard InChI is InChI=1S/C23H46N2/c1-3-5-7-9-11-13-15-17-19-23(25,21-22-24)20-18-16-14-12-10-8-6-4-2/h3-21,25H2,1-2H3/p+1. The van der Waals surface area contributed by atoms with Gasteiger partial charge in [0, 0.05) is 12.8 Å². The molecular weight excluding hydrogens is 304 g/mol. The van der Waals surface area contributed by atoms with Crippen LogP contribution in [0.15, 0.2) is 0 Å². The molecular formula is C23H47N2+. The lowest BCUT2D eigenvalue weighted by Gasteiger charge is -2.23. The first-order valence-electron chi connectivity index (χ1n) is 11.4. The monoisotopic (exact) mass is 351 g/mol. The van der Waals surface area contributed by atoms with E-state index in [4.69, 9.17) is 5.26 Å². The SMILES string of the molecule is CCCCCCCCCCC([NH3+])(CC#N)CCCCCCCCCC. The van der Waals surface area contributed by atoms with Gasteiger partial charge >= 0.3 is 0 Å². The number of nitriles is 1. The average molecular weight is 352 g/mol. The second-order valence-electron chi connectivity index (χ2n) is 8.28. The molecule has 0 amide bonds. The quantitative estimate of drug-likeness (QED) is 0.252. The van der Waals surface area contributed by atoms with Gasteiger partial charge in [0.25, 0.3) is 0 Å². The van der Waals surface area contributed by atoms with E-state index >= 15 is 0 Å². The number of hydrogen-bond acceptors (Lipinski definition) is 1. The Bertz CT molecular complexity index is 286. The molecule has 0 aliphatic heterocycles. The molecule has 0 aromatic carbocycles. The van der Waals surface area contributed by atoms with Crippen molar-refractivity contribution in [3.05, 3.63) is 0 Å². The van der Waals surface area contributed by atoms with Crippen molar-refractivity contribution in [2.75, 3.05) is 0 Å². The van der Waals surface area contributed by atoms with Crippen molar-refractivity contribution in [1.29, 1.82) is 5.26 Å². The minimum absolute atomic E-state index is 0.0270. The normalized spacial score (nSPS) is 11.6. The van der Waals surface area contributed by atoms with E-state index in [0.29, 0.717) is 6.42 Å². The summed E-state index contributed by atoms with van der Waals surface area (Å²) in [6.07, 6.45) is 24.7. The summed E-state index contributed by atoms with van der Waals surface area (Å²) < 4.78 is 0. The first-order chi connectivity index (χ1) is 12.2. The highest BCUT2D eigenvalue weighted by atomic mass is 14.7. The van der Waals surface area contributed by atoms with Crippen molar-refractivity contribution in [3.63, 3.8) is 0 Å². The van der Waals surface area contributed by atoms with Crippen LogP contribution in [0.5, 0.6) is 0 Å². The predicted molar refractivity (Wildman–Crippen MR) is 110 cm³/mol. The van der Waals surface area contributed by atoms with Crippen LogP contribution < -0.4 is 5.73 Å². The van der Waals surface area contributed by atoms with Crippen molar-refractivity contribution >= 4 is 0 Å². The van der Waals surface area contributed by atoms with Gasteiger partial charge in [0.2, 0.25) is 0 Å². The van der Waals surface area contributed by atoms with E-state index in [9.17, 15) is 0 Å². The fraction of sp³-hybridized carbons (Fsp3) is 0.957. The third-order valence-corrected chi connectivity index (χ3v) is 5.58. The number of unbranched alkanes of at least 4 members (excludes halogenated alkanes) is 14. The number of quaternary nitrogens is 1. The summed E-state index contributed by atoms with van der Waals surface area (Å²) in [6, 6.07) is 2.40. The molecule has 3 N–H and O–H groups in total. The van der Waals surface area contributed by atoms with E-state index < -0.39 is 0 Å². The Balaban J connectivity index is 3.68. The molecule has 0 atom stereocenters. The molecule has 0 radical (unpaired) electrons. The molecule has 148 valence electrons. The van der Waals surface area contributed by atoms with Crippen LogP contribution in [-0.4, -0.2) is 5.54 Å². The molecule has 2 nitrogen and oxygen atoms in total. The lowest BCUT2D eigenvalue weighted by molar-refractivity contribution is -0.480. The Morgan fingerprint density at radius 3 is 1.24 bits per heavy atom. The van der Waals surface area contributed by atoms with Gasteiger partial charge in [-0.3, -0.25) is 0 Å². The third kappa shape index (κ3) is 16.7. The molecule has 2 heteroatoms. The minimum atomic E-state index is 0.0270. The maximum absolute atomic E-state index is 9.16. The van der Waals surface area contributed by atoms with Gasteiger partial charge in [-0.25, -0.2) is 0 Å². The molecule has 0 saturated heterocycles. The van der Waals surface area contributed by atoms with Crippen LogP contribution in [0.2, 0.25) is 0 Å². The molecule has 0 unspecified atom stereocenters. The first-order valence-corrected chi connectivity index (χ1v) is 11.4. The van der Waals surface area contributed by atoms with Crippen LogP contribution in [-0.2, 0) is 0 Å². The van der Waals surface area contributed by atoms with Gasteiger partial charge in [0.05, 0.1) is 12.5 Å². The first kappa shape index (κ1) is 24.5. The van der Waals surface area contributed by atoms with Crippen LogP contribution in [0.3, 0.4) is 0 Å². The van der Waals surface area contributed by atoms with Crippen molar-refractivity contribution in [3.8, 4) is 6.07 Å². The van der Waals surface area contributed by atoms with Crippen molar-refractivity contribution in [2.24, 2.45) is 0 Å². The van der Waals surface area contributed by atoms with Crippen molar-refractivity contribution < 1.29 is 5.73 Å². The van der Waals surface area contributed by atoms with Gasteiger partial charge < -0.3 is 5.73 Å². The molecule has 0 aromatic rings. The Kier molecular flexibility index (Phi) is 17.8. The van der Waals surface area contributed by atoms with Gasteiger partial charge in [-0.05, 0) is 12.8 Å². The van der Waals surface area contributed by atoms with Gasteiger partial charge in [0.1, 0.15) is 5.54 Å². The molecule has 0 aromatic heterocycles. The zero-order valence-electron chi connectivity index (χ0n) is 17.6. The topological polar surface area (TPSA) is 51.4 Å². The average Bonchev–Trinajstić information content (AvgIpc) is 2.60. The van der Waals surface area contributed by atoms with E-state index in [1.807, 2.05) is 0 Å². The zero-order chi connectivity index (χ0) is 18.6. The molecule has 0 aliphatic rings. The highest BCUT2D eigenvalue weighted by molar-refractivity contribution is 4.87. The van der Waals surface area contributed by atoms with E-state index in [1.165, 1.54) is 103 Å². The Morgan fingerprint density at radius 2 is 0.920 bits per heavy atom. The molecule has 0 aliphatic carbocycles. The predicted octanol–water partition coefficient (Wildman–Crippen LogP) is 6.94. The summed E-state index contributed by atoms with van der Waals surface area (Å²) in [4.78, 5) is 0. The molecule has 0 bridgehead atoms. The molecule has 0 saturated carbocycles. The van der Waals surface area contributed by atoms with E-state index in [0.717, 1.165) is 12.8 Å². The third-order valence-electron chi connectivity index (χ3n) is 5.58. The molecule has 0 fully saturated rings. The summed E-state index contributed by atoms with van der Waals surface area (Å²) in [5, 5.41) is 9.16. The van der Waals surface area contributed by atoms with E-state index in [-0.39, 0.29) is 5.54 Å². The number of nitrogens with zero attached hydrogens (tertiary/aromatic N) is 1. The zero-order valence-corrected chi connectivity index (χ0v) is 17.6. The lowest BCUT2D eigenvalue weighted by atomic mass is 9.85. The van der Waals surface area contributed by atoms with Gasteiger partial charge in [-0.15, -0.1) is 0 Å². The Labute approximate surface area is 159 Å². The number of rotatable bonds is 19. The Morgan fingerprint density at radius 1 is 0.600 bits per heavy atom. The highest BCUT2D eigenvalue weighted by Crippen LogP contribution is 2.22. The number of hydrogen-bond donors (Lipinski definition) is 1. The highest BCUT2D eigenvalue weighted by Gasteiger charge is 2.27. The van der Waals surface area contributed by atoms with Crippen LogP contribution in [0.1, 0.15) is 136 Å². The molecule has 25 heavy (non-hydrogen) atoms. The fourth-order valence-electron chi connectivity index (χ4n) is 3.74. The smallest absolute Gasteiger partial charge is 0.108 e. The van der Waals surface area contributed by atoms with Gasteiger partial charge in [-0.1, -0.05) is 104 Å². The van der Waals surface area contributed by atoms with Crippen LogP contribution >= 0.6 is 0 Å². The minimum Gasteiger partial charge on any atom is -0.352 e. The lowest BCUT2D eigenvalue weighted by Crippen LogP contribution is -2.72. The van der Waals surface area contributed by atoms with Gasteiger partial charge in [0.15, 0.2) is 0 Å². The summed E-state index contributed by atoms with van der Waals surface area (Å²) in [5.41, 5.74) is 4.48. The maximum atomic E-state index is 9.16. The van der Waals surface area contributed by atoms with E-state index in [1.54, 1.807) is 0 Å². The fourth-order valence-corrected chi connectivity index (χ4v) is 3.74. The Hall–Kier alpha value is -0.550. The van der Waals surface area contributed by atoms with Crippen LogP contribution in [0.4, 0.5) is 0 Å². The van der Waals surface area contributed by atoms with Crippen molar-refractivity contribution in [1.82, 2.24) is 0 Å². The largest absolute Gasteiger partial charge is 0.352 e.